The summed E-state index contributed by atoms with van der Waals surface area (Å²) >= 11 is 0. The molecule has 1 spiro atoms. The zero-order valence-electron chi connectivity index (χ0n) is 22.9. The Hall–Kier alpha value is -2.72. The van der Waals surface area contributed by atoms with Gasteiger partial charge in [0.25, 0.3) is 5.91 Å². The van der Waals surface area contributed by atoms with Gasteiger partial charge in [-0.2, -0.15) is 4.31 Å². The molecule has 0 atom stereocenters. The van der Waals surface area contributed by atoms with E-state index < -0.39 is 21.5 Å². The first-order valence-electron chi connectivity index (χ1n) is 13.7. The second-order valence-electron chi connectivity index (χ2n) is 10.4. The number of unbranched alkanes of at least 4 members (excludes halogenated alkanes) is 6. The van der Waals surface area contributed by atoms with Gasteiger partial charge in [0, 0.05) is 44.1 Å². The highest BCUT2D eigenvalue weighted by Crippen LogP contribution is 2.32. The molecule has 38 heavy (non-hydrogen) atoms. The highest BCUT2D eigenvalue weighted by molar-refractivity contribution is 7.92. The monoisotopic (exact) mass is 546 g/mol. The second kappa shape index (κ2) is 13.4. The van der Waals surface area contributed by atoms with Gasteiger partial charge in [-0.15, -0.1) is 0 Å². The number of hydrogen-bond acceptors (Lipinski definition) is 6. The maximum absolute atomic E-state index is 13.0. The molecule has 0 radical (unpaired) electrons. The average Bonchev–Trinajstić information content (AvgIpc) is 3.16. The molecule has 2 aliphatic heterocycles. The number of aliphatic imine (C=N–C) groups is 1. The molecule has 1 fully saturated rings. The molecular formula is C28H42N4O5S. The van der Waals surface area contributed by atoms with Gasteiger partial charge in [0.05, 0.1) is 0 Å². The van der Waals surface area contributed by atoms with Crippen LogP contribution in [-0.2, 0) is 19.6 Å². The van der Waals surface area contributed by atoms with Crippen LogP contribution in [0.4, 0.5) is 5.69 Å². The summed E-state index contributed by atoms with van der Waals surface area (Å²) in [6.45, 7) is 4.44. The first kappa shape index (κ1) is 29.8. The van der Waals surface area contributed by atoms with E-state index >= 15 is 0 Å². The van der Waals surface area contributed by atoms with E-state index in [0.29, 0.717) is 25.1 Å². The molecule has 0 aromatic heterocycles. The fourth-order valence-electron chi connectivity index (χ4n) is 5.23. The van der Waals surface area contributed by atoms with E-state index in [-0.39, 0.29) is 25.4 Å². The summed E-state index contributed by atoms with van der Waals surface area (Å²) < 4.78 is 27.5. The van der Waals surface area contributed by atoms with Crippen LogP contribution in [0.25, 0.3) is 6.08 Å². The topological polar surface area (TPSA) is 128 Å². The van der Waals surface area contributed by atoms with Gasteiger partial charge in [-0.05, 0) is 74.4 Å². The maximum Gasteiger partial charge on any atom is 0.303 e. The Balaban J connectivity index is 1.47. The minimum atomic E-state index is -3.61. The number of amides is 1. The van der Waals surface area contributed by atoms with Gasteiger partial charge in [0.1, 0.15) is 11.4 Å². The minimum Gasteiger partial charge on any atom is -0.481 e. The van der Waals surface area contributed by atoms with Crippen LogP contribution in [0.1, 0.15) is 87.3 Å². The summed E-state index contributed by atoms with van der Waals surface area (Å²) in [5.74, 6) is -0.138. The zero-order chi connectivity index (χ0) is 27.8. The Morgan fingerprint density at radius 2 is 1.66 bits per heavy atom. The van der Waals surface area contributed by atoms with Crippen LogP contribution in [-0.4, -0.2) is 61.2 Å². The molecule has 0 aliphatic carbocycles. The predicted octanol–water partition coefficient (Wildman–Crippen LogP) is 4.60. The number of carbonyl (C=O) groups excluding carboxylic acids is 1. The van der Waals surface area contributed by atoms with Gasteiger partial charge >= 0.3 is 5.97 Å². The number of piperidine rings is 1. The van der Waals surface area contributed by atoms with Gasteiger partial charge in [0.2, 0.25) is 10.0 Å². The predicted molar refractivity (Wildman–Crippen MR) is 152 cm³/mol. The number of carboxylic acid groups (broad SMARTS) is 1. The van der Waals surface area contributed by atoms with Crippen molar-refractivity contribution in [2.45, 2.75) is 90.0 Å². The van der Waals surface area contributed by atoms with E-state index in [9.17, 15) is 18.0 Å². The molecular weight excluding hydrogens is 504 g/mol. The molecule has 2 aliphatic rings. The number of hydrogen-bond donors (Lipinski definition) is 3. The number of nitrogens with zero attached hydrogens (tertiary/aromatic N) is 2. The quantitative estimate of drug-likeness (QED) is 0.293. The van der Waals surface area contributed by atoms with E-state index in [1.807, 2.05) is 33.0 Å². The summed E-state index contributed by atoms with van der Waals surface area (Å²) in [4.78, 5) is 28.1. The Bertz CT molecular complexity index is 1140. The molecule has 1 amide bonds. The lowest BCUT2D eigenvalue weighted by molar-refractivity contribution is -0.137. The van der Waals surface area contributed by atoms with E-state index in [2.05, 4.69) is 10.6 Å². The molecule has 1 aromatic carbocycles. The van der Waals surface area contributed by atoms with Crippen LogP contribution in [0.15, 0.2) is 22.5 Å². The molecule has 3 rings (SSSR count). The highest BCUT2D eigenvalue weighted by Gasteiger charge is 2.46. The van der Waals surface area contributed by atoms with Crippen LogP contribution in [0.5, 0.6) is 0 Å². The Kier molecular flexibility index (Phi) is 10.5. The second-order valence-corrected chi connectivity index (χ2v) is 12.3. The van der Waals surface area contributed by atoms with E-state index in [1.54, 1.807) is 6.08 Å². The lowest BCUT2D eigenvalue weighted by atomic mass is 9.89. The van der Waals surface area contributed by atoms with Crippen molar-refractivity contribution in [3.8, 4) is 0 Å². The lowest BCUT2D eigenvalue weighted by Crippen LogP contribution is -2.50. The molecule has 10 heteroatoms. The summed E-state index contributed by atoms with van der Waals surface area (Å²) in [5, 5.41) is 16.0. The molecule has 3 N–H and O–H groups in total. The van der Waals surface area contributed by atoms with Crippen LogP contribution >= 0.6 is 0 Å². The Labute approximate surface area is 226 Å². The molecule has 1 aromatic rings. The fraction of sp³-hybridized carbons (Fsp3) is 0.607. The van der Waals surface area contributed by atoms with E-state index in [1.165, 1.54) is 9.71 Å². The van der Waals surface area contributed by atoms with Crippen LogP contribution in [0, 0.1) is 13.8 Å². The third-order valence-corrected chi connectivity index (χ3v) is 9.10. The van der Waals surface area contributed by atoms with Crippen molar-refractivity contribution in [1.29, 1.82) is 0 Å². The SMILES string of the molecule is CNc1cc(C)c(C=CS(=O)(=O)N2CCC3(CC2)N=C(CCCCCCCCCC(=O)O)NC3=O)c(C)c1. The number of amidine groups is 1. The molecule has 2 heterocycles. The van der Waals surface area contributed by atoms with Crippen LogP contribution in [0.3, 0.4) is 0 Å². The number of anilines is 1. The summed E-state index contributed by atoms with van der Waals surface area (Å²) in [7, 11) is -1.76. The largest absolute Gasteiger partial charge is 0.481 e. The first-order valence-corrected chi connectivity index (χ1v) is 15.2. The van der Waals surface area contributed by atoms with Crippen molar-refractivity contribution in [2.24, 2.45) is 4.99 Å². The zero-order valence-corrected chi connectivity index (χ0v) is 23.7. The molecule has 0 unspecified atom stereocenters. The smallest absolute Gasteiger partial charge is 0.303 e. The minimum absolute atomic E-state index is 0.116. The van der Waals surface area contributed by atoms with Crippen LogP contribution in [0.2, 0.25) is 0 Å². The van der Waals surface area contributed by atoms with Crippen molar-refractivity contribution in [3.05, 3.63) is 34.2 Å². The van der Waals surface area contributed by atoms with Crippen molar-refractivity contribution in [3.63, 3.8) is 0 Å². The third kappa shape index (κ3) is 7.89. The number of aliphatic carboxylic acids is 1. The lowest BCUT2D eigenvalue weighted by Gasteiger charge is -2.34. The van der Waals surface area contributed by atoms with Crippen molar-refractivity contribution in [1.82, 2.24) is 9.62 Å². The normalized spacial score (nSPS) is 17.7. The van der Waals surface area contributed by atoms with Gasteiger partial charge in [-0.25, -0.2) is 8.42 Å². The van der Waals surface area contributed by atoms with Gasteiger partial charge in [0.15, 0.2) is 0 Å². The average molecular weight is 547 g/mol. The Morgan fingerprint density at radius 1 is 1.08 bits per heavy atom. The number of benzene rings is 1. The van der Waals surface area contributed by atoms with Gasteiger partial charge < -0.3 is 15.7 Å². The number of sulfonamides is 1. The van der Waals surface area contributed by atoms with Crippen molar-refractivity contribution >= 4 is 39.5 Å². The molecule has 210 valence electrons. The highest BCUT2D eigenvalue weighted by atomic mass is 32.2. The fourth-order valence-corrected chi connectivity index (χ4v) is 6.40. The molecule has 9 nitrogen and oxygen atoms in total. The number of nitrogens with one attached hydrogen (secondary N) is 2. The van der Waals surface area contributed by atoms with E-state index in [4.69, 9.17) is 10.1 Å². The Morgan fingerprint density at radius 3 is 2.24 bits per heavy atom. The molecule has 1 saturated heterocycles. The number of aryl methyl sites for hydroxylation is 2. The first-order chi connectivity index (χ1) is 18.1. The third-order valence-electron chi connectivity index (χ3n) is 7.53. The molecule has 0 bridgehead atoms. The van der Waals surface area contributed by atoms with Crippen LogP contribution < -0.4 is 10.6 Å². The van der Waals surface area contributed by atoms with E-state index in [0.717, 1.165) is 67.3 Å². The van der Waals surface area contributed by atoms with Gasteiger partial charge in [-0.3, -0.25) is 14.6 Å². The summed E-state index contributed by atoms with van der Waals surface area (Å²) in [6, 6.07) is 3.98. The number of carbonyl (C=O) groups is 2. The standard InChI is InChI=1S/C28H42N4O5S/c1-21-19-23(29-3)20-22(2)24(21)13-18-38(36,37)32-16-14-28(15-17-32)27(35)30-25(31-28)11-9-7-5-4-6-8-10-12-26(33)34/h13,18-20,29H,4-12,14-17H2,1-3H3,(H,33,34)(H,30,31,35). The maximum atomic E-state index is 13.0. The van der Waals surface area contributed by atoms with Gasteiger partial charge in [-0.1, -0.05) is 32.1 Å². The number of carboxylic acids is 1. The molecule has 0 saturated carbocycles. The summed E-state index contributed by atoms with van der Waals surface area (Å²) in [5.41, 5.74) is 3.02. The van der Waals surface area contributed by atoms with Crippen molar-refractivity contribution < 1.29 is 23.1 Å². The number of rotatable bonds is 14. The van der Waals surface area contributed by atoms with Crippen molar-refractivity contribution in [2.75, 3.05) is 25.5 Å². The summed E-state index contributed by atoms with van der Waals surface area (Å²) in [6.07, 6.45) is 10.2.